The Morgan fingerprint density at radius 1 is 1.54 bits per heavy atom. The van der Waals surface area contributed by atoms with E-state index in [0.29, 0.717) is 12.3 Å². The van der Waals surface area contributed by atoms with Crippen molar-refractivity contribution in [3.63, 3.8) is 0 Å². The van der Waals surface area contributed by atoms with Gasteiger partial charge < -0.3 is 10.8 Å². The molecule has 0 bridgehead atoms. The van der Waals surface area contributed by atoms with Crippen molar-refractivity contribution < 1.29 is 5.11 Å². The second kappa shape index (κ2) is 4.67. The van der Waals surface area contributed by atoms with Crippen LogP contribution in [-0.4, -0.2) is 11.7 Å². The second-order valence-electron chi connectivity index (χ2n) is 3.00. The highest BCUT2D eigenvalue weighted by molar-refractivity contribution is 5.30. The van der Waals surface area contributed by atoms with E-state index in [2.05, 4.69) is 0 Å². The van der Waals surface area contributed by atoms with Crippen molar-refractivity contribution >= 4 is 0 Å². The Morgan fingerprint density at radius 2 is 2.31 bits per heavy atom. The van der Waals surface area contributed by atoms with E-state index in [0.717, 1.165) is 12.0 Å². The fourth-order valence-electron chi connectivity index (χ4n) is 1.22. The summed E-state index contributed by atoms with van der Waals surface area (Å²) in [6.07, 6.45) is 2.84. The SMILES string of the molecule is C/C=C(\CN)Cc1cccc(O)c1. The molecule has 0 fully saturated rings. The molecule has 0 spiro atoms. The summed E-state index contributed by atoms with van der Waals surface area (Å²) in [6, 6.07) is 7.26. The summed E-state index contributed by atoms with van der Waals surface area (Å²) >= 11 is 0. The molecule has 0 atom stereocenters. The van der Waals surface area contributed by atoms with E-state index in [1.165, 1.54) is 5.57 Å². The molecule has 1 aromatic rings. The molecule has 0 aliphatic rings. The third-order valence-electron chi connectivity index (χ3n) is 2.01. The van der Waals surface area contributed by atoms with Crippen LogP contribution < -0.4 is 5.73 Å². The molecule has 1 rings (SSSR count). The molecule has 0 unspecified atom stereocenters. The molecule has 1 aromatic carbocycles. The Balaban J connectivity index is 2.74. The molecule has 0 aromatic heterocycles. The van der Waals surface area contributed by atoms with Gasteiger partial charge in [0, 0.05) is 6.54 Å². The van der Waals surface area contributed by atoms with Crippen LogP contribution in [0, 0.1) is 0 Å². The van der Waals surface area contributed by atoms with Gasteiger partial charge in [-0.1, -0.05) is 23.8 Å². The van der Waals surface area contributed by atoms with Gasteiger partial charge in [-0.25, -0.2) is 0 Å². The number of hydrogen-bond donors (Lipinski definition) is 2. The van der Waals surface area contributed by atoms with E-state index in [9.17, 15) is 5.11 Å². The van der Waals surface area contributed by atoms with E-state index >= 15 is 0 Å². The van der Waals surface area contributed by atoms with E-state index in [1.807, 2.05) is 25.1 Å². The molecular formula is C11H15NO. The van der Waals surface area contributed by atoms with Gasteiger partial charge in [-0.2, -0.15) is 0 Å². The minimum atomic E-state index is 0.310. The summed E-state index contributed by atoms with van der Waals surface area (Å²) < 4.78 is 0. The number of phenolic OH excluding ortho intramolecular Hbond substituents is 1. The van der Waals surface area contributed by atoms with E-state index in [4.69, 9.17) is 5.73 Å². The Kier molecular flexibility index (Phi) is 3.53. The van der Waals surface area contributed by atoms with Crippen LogP contribution >= 0.6 is 0 Å². The zero-order chi connectivity index (χ0) is 9.68. The first kappa shape index (κ1) is 9.81. The highest BCUT2D eigenvalue weighted by Gasteiger charge is 1.97. The zero-order valence-corrected chi connectivity index (χ0v) is 7.83. The molecule has 0 aliphatic heterocycles. The first-order valence-electron chi connectivity index (χ1n) is 4.38. The highest BCUT2D eigenvalue weighted by atomic mass is 16.3. The van der Waals surface area contributed by atoms with Crippen molar-refractivity contribution in [2.45, 2.75) is 13.3 Å². The maximum absolute atomic E-state index is 9.22. The monoisotopic (exact) mass is 177 g/mol. The molecule has 0 amide bonds. The van der Waals surface area contributed by atoms with Gasteiger partial charge in [0.05, 0.1) is 0 Å². The third kappa shape index (κ3) is 2.92. The maximum Gasteiger partial charge on any atom is 0.115 e. The molecule has 0 aliphatic carbocycles. The van der Waals surface area contributed by atoms with Crippen molar-refractivity contribution in [2.24, 2.45) is 5.73 Å². The molecule has 3 N–H and O–H groups in total. The number of rotatable bonds is 3. The Bertz CT molecular complexity index is 305. The van der Waals surface area contributed by atoms with Gasteiger partial charge in [0.1, 0.15) is 5.75 Å². The van der Waals surface area contributed by atoms with Gasteiger partial charge >= 0.3 is 0 Å². The molecule has 2 heteroatoms. The smallest absolute Gasteiger partial charge is 0.115 e. The standard InChI is InChI=1S/C11H15NO/c1-2-9(8-12)6-10-4-3-5-11(13)7-10/h2-5,7,13H,6,8,12H2,1H3/b9-2-. The normalized spacial score (nSPS) is 11.7. The number of aromatic hydroxyl groups is 1. The fourth-order valence-corrected chi connectivity index (χ4v) is 1.22. The predicted molar refractivity (Wildman–Crippen MR) is 54.6 cm³/mol. The number of hydrogen-bond acceptors (Lipinski definition) is 2. The average Bonchev–Trinajstić information content (AvgIpc) is 2.14. The van der Waals surface area contributed by atoms with E-state index in [1.54, 1.807) is 12.1 Å². The van der Waals surface area contributed by atoms with Gasteiger partial charge in [0.2, 0.25) is 0 Å². The summed E-state index contributed by atoms with van der Waals surface area (Å²) in [5.74, 6) is 0.310. The maximum atomic E-state index is 9.22. The second-order valence-corrected chi connectivity index (χ2v) is 3.00. The number of benzene rings is 1. The van der Waals surface area contributed by atoms with Crippen molar-refractivity contribution in [3.05, 3.63) is 41.5 Å². The van der Waals surface area contributed by atoms with Crippen LogP contribution in [0.15, 0.2) is 35.9 Å². The predicted octanol–water partition coefficient (Wildman–Crippen LogP) is 1.84. The molecule has 0 saturated carbocycles. The van der Waals surface area contributed by atoms with Crippen LogP contribution in [0.5, 0.6) is 5.75 Å². The largest absolute Gasteiger partial charge is 0.508 e. The van der Waals surface area contributed by atoms with Gasteiger partial charge in [-0.15, -0.1) is 0 Å². The van der Waals surface area contributed by atoms with Crippen LogP contribution in [0.4, 0.5) is 0 Å². The summed E-state index contributed by atoms with van der Waals surface area (Å²) in [6.45, 7) is 2.55. The summed E-state index contributed by atoms with van der Waals surface area (Å²) in [7, 11) is 0. The van der Waals surface area contributed by atoms with Gasteiger partial charge in [-0.3, -0.25) is 0 Å². The third-order valence-corrected chi connectivity index (χ3v) is 2.01. The lowest BCUT2D eigenvalue weighted by Crippen LogP contribution is -2.05. The minimum absolute atomic E-state index is 0.310. The quantitative estimate of drug-likeness (QED) is 0.692. The topological polar surface area (TPSA) is 46.2 Å². The minimum Gasteiger partial charge on any atom is -0.508 e. The van der Waals surface area contributed by atoms with Crippen LogP contribution in [0.25, 0.3) is 0 Å². The van der Waals surface area contributed by atoms with Gasteiger partial charge in [0.15, 0.2) is 0 Å². The Morgan fingerprint density at radius 3 is 2.85 bits per heavy atom. The molecule has 70 valence electrons. The zero-order valence-electron chi connectivity index (χ0n) is 7.83. The molecule has 13 heavy (non-hydrogen) atoms. The van der Waals surface area contributed by atoms with Crippen LogP contribution in [0.1, 0.15) is 12.5 Å². The van der Waals surface area contributed by atoms with Gasteiger partial charge in [-0.05, 0) is 31.0 Å². The highest BCUT2D eigenvalue weighted by Crippen LogP contribution is 2.13. The molecule has 0 radical (unpaired) electrons. The Labute approximate surface area is 78.7 Å². The first-order chi connectivity index (χ1) is 6.26. The lowest BCUT2D eigenvalue weighted by atomic mass is 10.1. The average molecular weight is 177 g/mol. The summed E-state index contributed by atoms with van der Waals surface area (Å²) in [5.41, 5.74) is 7.82. The lowest BCUT2D eigenvalue weighted by molar-refractivity contribution is 0.474. The van der Waals surface area contributed by atoms with Gasteiger partial charge in [0.25, 0.3) is 0 Å². The van der Waals surface area contributed by atoms with E-state index < -0.39 is 0 Å². The molecule has 0 saturated heterocycles. The lowest BCUT2D eigenvalue weighted by Gasteiger charge is -2.04. The van der Waals surface area contributed by atoms with E-state index in [-0.39, 0.29) is 0 Å². The molecular weight excluding hydrogens is 162 g/mol. The van der Waals surface area contributed by atoms with Crippen LogP contribution in [-0.2, 0) is 6.42 Å². The van der Waals surface area contributed by atoms with Crippen LogP contribution in [0.2, 0.25) is 0 Å². The Hall–Kier alpha value is -1.28. The van der Waals surface area contributed by atoms with Crippen molar-refractivity contribution in [3.8, 4) is 5.75 Å². The van der Waals surface area contributed by atoms with Crippen molar-refractivity contribution in [2.75, 3.05) is 6.54 Å². The number of phenols is 1. The summed E-state index contributed by atoms with van der Waals surface area (Å²) in [4.78, 5) is 0. The summed E-state index contributed by atoms with van der Waals surface area (Å²) in [5, 5.41) is 9.22. The van der Waals surface area contributed by atoms with Crippen molar-refractivity contribution in [1.29, 1.82) is 0 Å². The first-order valence-corrected chi connectivity index (χ1v) is 4.38. The fraction of sp³-hybridized carbons (Fsp3) is 0.273. The number of allylic oxidation sites excluding steroid dienone is 1. The van der Waals surface area contributed by atoms with Crippen molar-refractivity contribution in [1.82, 2.24) is 0 Å². The number of nitrogens with two attached hydrogens (primary N) is 1. The van der Waals surface area contributed by atoms with Crippen LogP contribution in [0.3, 0.4) is 0 Å². The molecule has 2 nitrogen and oxygen atoms in total. The molecule has 0 heterocycles.